The second kappa shape index (κ2) is 8.88. The summed E-state index contributed by atoms with van der Waals surface area (Å²) in [6.45, 7) is 2.20. The number of hydrogen-bond acceptors (Lipinski definition) is 2. The topological polar surface area (TPSA) is 29.3 Å². The molecule has 0 spiro atoms. The number of halogens is 6. The molecule has 164 valence electrons. The molecule has 0 amide bonds. The predicted octanol–water partition coefficient (Wildman–Crippen LogP) is 5.93. The van der Waals surface area contributed by atoms with E-state index in [9.17, 15) is 26.3 Å². The van der Waals surface area contributed by atoms with Crippen molar-refractivity contribution >= 4 is 5.69 Å². The van der Waals surface area contributed by atoms with Crippen molar-refractivity contribution in [1.29, 1.82) is 0 Å². The Bertz CT molecular complexity index is 790. The average Bonchev–Trinajstić information content (AvgIpc) is 2.64. The normalized spacial score (nSPS) is 16.9. The zero-order valence-corrected chi connectivity index (χ0v) is 16.3. The van der Waals surface area contributed by atoms with Gasteiger partial charge < -0.3 is 5.73 Å². The van der Waals surface area contributed by atoms with E-state index in [1.807, 2.05) is 24.3 Å². The summed E-state index contributed by atoms with van der Waals surface area (Å²) in [5, 5.41) is 0. The molecule has 0 unspecified atom stereocenters. The molecule has 2 aromatic rings. The van der Waals surface area contributed by atoms with E-state index in [-0.39, 0.29) is 0 Å². The molecule has 3 rings (SSSR count). The monoisotopic (exact) mass is 430 g/mol. The number of alkyl halides is 6. The lowest BCUT2D eigenvalue weighted by Crippen LogP contribution is -2.34. The van der Waals surface area contributed by atoms with Gasteiger partial charge in [0.1, 0.15) is 0 Å². The maximum absolute atomic E-state index is 12.9. The van der Waals surface area contributed by atoms with Gasteiger partial charge >= 0.3 is 12.4 Å². The zero-order valence-electron chi connectivity index (χ0n) is 16.3. The molecule has 30 heavy (non-hydrogen) atoms. The molecular weight excluding hydrogens is 406 g/mol. The summed E-state index contributed by atoms with van der Waals surface area (Å²) in [5.41, 5.74) is 7.60. The average molecular weight is 430 g/mol. The molecule has 1 saturated heterocycles. The summed E-state index contributed by atoms with van der Waals surface area (Å²) in [6, 6.07) is 12.4. The fourth-order valence-electron chi connectivity index (χ4n) is 3.97. The maximum Gasteiger partial charge on any atom is 0.404 e. The van der Waals surface area contributed by atoms with Gasteiger partial charge in [-0.2, -0.15) is 26.3 Å². The third-order valence-corrected chi connectivity index (χ3v) is 5.59. The van der Waals surface area contributed by atoms with E-state index < -0.39 is 23.8 Å². The number of piperidine rings is 1. The quantitative estimate of drug-likeness (QED) is 0.471. The third kappa shape index (κ3) is 5.90. The first-order valence-corrected chi connectivity index (χ1v) is 9.81. The highest BCUT2D eigenvalue weighted by Gasteiger charge is 2.57. The highest BCUT2D eigenvalue weighted by atomic mass is 19.4. The van der Waals surface area contributed by atoms with Crippen molar-refractivity contribution in [3.05, 3.63) is 65.2 Å². The van der Waals surface area contributed by atoms with Crippen molar-refractivity contribution in [2.24, 2.45) is 5.92 Å². The van der Waals surface area contributed by atoms with E-state index in [4.69, 9.17) is 5.73 Å². The molecule has 0 aromatic heterocycles. The molecule has 0 saturated carbocycles. The fraction of sp³-hybridized carbons (Fsp3) is 0.455. The third-order valence-electron chi connectivity index (χ3n) is 5.59. The Hall–Kier alpha value is -2.22. The van der Waals surface area contributed by atoms with Crippen molar-refractivity contribution < 1.29 is 26.3 Å². The molecule has 2 nitrogen and oxygen atoms in total. The van der Waals surface area contributed by atoms with Gasteiger partial charge in [0.2, 0.25) is 0 Å². The fourth-order valence-corrected chi connectivity index (χ4v) is 3.97. The largest absolute Gasteiger partial charge is 0.404 e. The molecular formula is C22H24F6N2. The van der Waals surface area contributed by atoms with E-state index in [1.165, 1.54) is 17.7 Å². The number of nitrogens with two attached hydrogens (primary N) is 1. The summed E-state index contributed by atoms with van der Waals surface area (Å²) >= 11 is 0. The number of hydrogen-bond donors (Lipinski definition) is 1. The number of nitrogen functional groups attached to an aromatic ring is 1. The van der Waals surface area contributed by atoms with Crippen LogP contribution in [0.5, 0.6) is 0 Å². The van der Waals surface area contributed by atoms with Crippen molar-refractivity contribution in [2.45, 2.75) is 44.1 Å². The van der Waals surface area contributed by atoms with Gasteiger partial charge in [0.05, 0.1) is 0 Å². The lowest BCUT2D eigenvalue weighted by Gasteiger charge is -2.32. The lowest BCUT2D eigenvalue weighted by atomic mass is 9.90. The van der Waals surface area contributed by atoms with E-state index in [0.29, 0.717) is 18.0 Å². The standard InChI is InChI=1S/C22H24F6N2/c23-21(24,25)20(22(26,27)28)18-5-1-17(2-6-18)14-30-11-9-16(10-12-30)13-15-3-7-19(29)8-4-15/h1-8,16,20H,9-14,29H2. The Morgan fingerprint density at radius 1 is 0.800 bits per heavy atom. The Balaban J connectivity index is 1.54. The Labute approximate surface area is 171 Å². The van der Waals surface area contributed by atoms with Gasteiger partial charge in [0, 0.05) is 12.2 Å². The smallest absolute Gasteiger partial charge is 0.399 e. The van der Waals surface area contributed by atoms with Gasteiger partial charge in [-0.25, -0.2) is 0 Å². The van der Waals surface area contributed by atoms with Crippen LogP contribution < -0.4 is 5.73 Å². The van der Waals surface area contributed by atoms with Crippen LogP contribution in [0.2, 0.25) is 0 Å². The number of likely N-dealkylation sites (tertiary alicyclic amines) is 1. The van der Waals surface area contributed by atoms with Crippen LogP contribution >= 0.6 is 0 Å². The summed E-state index contributed by atoms with van der Waals surface area (Å²) in [5.74, 6) is -2.91. The molecule has 2 aromatic carbocycles. The molecule has 1 fully saturated rings. The molecule has 8 heteroatoms. The lowest BCUT2D eigenvalue weighted by molar-refractivity contribution is -0.253. The van der Waals surface area contributed by atoms with Gasteiger partial charge in [0.25, 0.3) is 0 Å². The van der Waals surface area contributed by atoms with Gasteiger partial charge in [-0.05, 0) is 67.1 Å². The molecule has 1 heterocycles. The minimum Gasteiger partial charge on any atom is -0.399 e. The number of nitrogens with zero attached hydrogens (tertiary/aromatic N) is 1. The van der Waals surface area contributed by atoms with Crippen LogP contribution in [-0.2, 0) is 13.0 Å². The molecule has 0 bridgehead atoms. The first kappa shape index (κ1) is 22.5. The second-order valence-corrected chi connectivity index (χ2v) is 7.92. The van der Waals surface area contributed by atoms with E-state index in [2.05, 4.69) is 4.90 Å². The summed E-state index contributed by atoms with van der Waals surface area (Å²) < 4.78 is 77.1. The molecule has 2 N–H and O–H groups in total. The minimum atomic E-state index is -5.37. The minimum absolute atomic E-state index is 0.511. The molecule has 1 aliphatic heterocycles. The highest BCUT2D eigenvalue weighted by molar-refractivity contribution is 5.39. The van der Waals surface area contributed by atoms with Crippen molar-refractivity contribution in [3.8, 4) is 0 Å². The molecule has 0 radical (unpaired) electrons. The van der Waals surface area contributed by atoms with Gasteiger partial charge in [-0.1, -0.05) is 36.4 Å². The van der Waals surface area contributed by atoms with Crippen LogP contribution in [0, 0.1) is 5.92 Å². The van der Waals surface area contributed by atoms with Crippen molar-refractivity contribution in [2.75, 3.05) is 18.8 Å². The Kier molecular flexibility index (Phi) is 6.65. The van der Waals surface area contributed by atoms with Crippen molar-refractivity contribution in [3.63, 3.8) is 0 Å². The zero-order chi connectivity index (χ0) is 21.9. The number of benzene rings is 2. The summed E-state index contributed by atoms with van der Waals surface area (Å²) in [7, 11) is 0. The summed E-state index contributed by atoms with van der Waals surface area (Å²) in [6.07, 6.45) is -7.78. The van der Waals surface area contributed by atoms with Crippen molar-refractivity contribution in [1.82, 2.24) is 4.90 Å². The van der Waals surface area contributed by atoms with Crippen LogP contribution in [0.3, 0.4) is 0 Å². The number of anilines is 1. The first-order valence-electron chi connectivity index (χ1n) is 9.81. The Morgan fingerprint density at radius 3 is 1.80 bits per heavy atom. The van der Waals surface area contributed by atoms with Crippen LogP contribution in [0.4, 0.5) is 32.0 Å². The Morgan fingerprint density at radius 2 is 1.30 bits per heavy atom. The highest BCUT2D eigenvalue weighted by Crippen LogP contribution is 2.46. The SMILES string of the molecule is Nc1ccc(CC2CCN(Cc3ccc(C(C(F)(F)F)C(F)(F)F)cc3)CC2)cc1. The van der Waals surface area contributed by atoms with E-state index in [1.54, 1.807) is 0 Å². The van der Waals surface area contributed by atoms with Crippen LogP contribution in [0.25, 0.3) is 0 Å². The molecule has 0 aliphatic carbocycles. The van der Waals surface area contributed by atoms with Crippen LogP contribution in [-0.4, -0.2) is 30.3 Å². The van der Waals surface area contributed by atoms with Crippen LogP contribution in [0.1, 0.15) is 35.4 Å². The predicted molar refractivity (Wildman–Crippen MR) is 104 cm³/mol. The van der Waals surface area contributed by atoms with Gasteiger partial charge in [-0.3, -0.25) is 4.90 Å². The van der Waals surface area contributed by atoms with E-state index >= 15 is 0 Å². The van der Waals surface area contributed by atoms with Gasteiger partial charge in [0.15, 0.2) is 5.92 Å². The molecule has 0 atom stereocenters. The van der Waals surface area contributed by atoms with E-state index in [0.717, 1.165) is 50.2 Å². The summed E-state index contributed by atoms with van der Waals surface area (Å²) in [4.78, 5) is 2.18. The number of rotatable bonds is 5. The molecule has 1 aliphatic rings. The maximum atomic E-state index is 12.9. The second-order valence-electron chi connectivity index (χ2n) is 7.92. The van der Waals surface area contributed by atoms with Gasteiger partial charge in [-0.15, -0.1) is 0 Å². The van der Waals surface area contributed by atoms with Crippen LogP contribution in [0.15, 0.2) is 48.5 Å². The first-order chi connectivity index (χ1) is 14.0.